The van der Waals surface area contributed by atoms with Crippen molar-refractivity contribution in [2.24, 2.45) is 0 Å². The molecule has 0 radical (unpaired) electrons. The van der Waals surface area contributed by atoms with Crippen molar-refractivity contribution in [2.75, 3.05) is 26.9 Å². The van der Waals surface area contributed by atoms with Crippen LogP contribution in [0.2, 0.25) is 0 Å². The molecule has 0 aliphatic carbocycles. The summed E-state index contributed by atoms with van der Waals surface area (Å²) in [5.41, 5.74) is 2.76. The zero-order chi connectivity index (χ0) is 50.0. The van der Waals surface area contributed by atoms with Crippen LogP contribution < -0.4 is 9.47 Å². The number of imide groups is 1. The highest BCUT2D eigenvalue weighted by atomic mass is 16.8. The number of hydrogen-bond donors (Lipinski definition) is 0. The number of nitrogens with zero attached hydrogens (tertiary/aromatic N) is 1. The van der Waals surface area contributed by atoms with Gasteiger partial charge in [-0.05, 0) is 54.4 Å². The normalized spacial score (nSPS) is 26.8. The number of ether oxygens (including phenoxy) is 11. The van der Waals surface area contributed by atoms with Crippen LogP contribution in [-0.4, -0.2) is 117 Å². The smallest absolute Gasteiger partial charge is 0.306 e. The summed E-state index contributed by atoms with van der Waals surface area (Å²) in [5, 5.41) is 0. The van der Waals surface area contributed by atoms with E-state index in [4.69, 9.17) is 52.1 Å². The van der Waals surface area contributed by atoms with E-state index in [9.17, 15) is 19.2 Å². The van der Waals surface area contributed by atoms with Gasteiger partial charge in [0.2, 0.25) is 6.29 Å². The highest BCUT2D eigenvalue weighted by Crippen LogP contribution is 2.41. The van der Waals surface area contributed by atoms with E-state index in [1.165, 1.54) is 6.92 Å². The predicted octanol–water partition coefficient (Wildman–Crippen LogP) is 7.34. The molecule has 0 N–H and O–H groups in total. The molecule has 0 spiro atoms. The van der Waals surface area contributed by atoms with Gasteiger partial charge in [0.05, 0.1) is 57.7 Å². The van der Waals surface area contributed by atoms with Crippen molar-refractivity contribution in [3.8, 4) is 11.5 Å². The van der Waals surface area contributed by atoms with Crippen LogP contribution in [0, 0.1) is 0 Å². The first kappa shape index (κ1) is 50.3. The van der Waals surface area contributed by atoms with E-state index in [1.807, 2.05) is 91.0 Å². The number of benzene rings is 5. The number of amides is 2. The van der Waals surface area contributed by atoms with Crippen molar-refractivity contribution in [1.82, 2.24) is 4.90 Å². The summed E-state index contributed by atoms with van der Waals surface area (Å²) in [4.78, 5) is 56.5. The molecule has 3 saturated heterocycles. The second kappa shape index (κ2) is 23.7. The topological polar surface area (TPSA) is 173 Å². The quantitative estimate of drug-likeness (QED) is 0.0406. The minimum atomic E-state index is -1.47. The Balaban J connectivity index is 1.15. The first-order valence-corrected chi connectivity index (χ1v) is 23.9. The third-order valence-electron chi connectivity index (χ3n) is 12.7. The molecule has 4 heterocycles. The van der Waals surface area contributed by atoms with Crippen molar-refractivity contribution in [3.63, 3.8) is 0 Å². The van der Waals surface area contributed by atoms with Gasteiger partial charge >= 0.3 is 5.97 Å². The molecule has 11 atom stereocenters. The largest absolute Gasteiger partial charge is 0.497 e. The molecule has 0 aromatic heterocycles. The number of carbonyl (C=O) groups excluding carboxylic acids is 4. The lowest BCUT2D eigenvalue weighted by Gasteiger charge is -2.52. The Morgan fingerprint density at radius 2 is 1.31 bits per heavy atom. The maximum atomic E-state index is 14.7. The number of methoxy groups -OCH3 is 1. The molecule has 5 aromatic rings. The second-order valence-electron chi connectivity index (χ2n) is 17.7. The van der Waals surface area contributed by atoms with E-state index in [2.05, 4.69) is 6.58 Å². The lowest BCUT2D eigenvalue weighted by atomic mass is 9.93. The van der Waals surface area contributed by atoms with Gasteiger partial charge in [0.1, 0.15) is 59.9 Å². The van der Waals surface area contributed by atoms with Crippen LogP contribution in [0.15, 0.2) is 152 Å². The van der Waals surface area contributed by atoms with Gasteiger partial charge in [0.15, 0.2) is 18.7 Å². The van der Waals surface area contributed by atoms with Gasteiger partial charge in [0, 0.05) is 12.0 Å². The minimum absolute atomic E-state index is 0.0111. The Morgan fingerprint density at radius 3 is 1.94 bits per heavy atom. The van der Waals surface area contributed by atoms with Gasteiger partial charge in [0.25, 0.3) is 11.8 Å². The molecule has 0 saturated carbocycles. The highest BCUT2D eigenvalue weighted by Gasteiger charge is 2.59. The average molecular weight is 984 g/mol. The molecule has 376 valence electrons. The monoisotopic (exact) mass is 983 g/mol. The summed E-state index contributed by atoms with van der Waals surface area (Å²) in [6.07, 6.45) is -10.2. The summed E-state index contributed by atoms with van der Waals surface area (Å²) < 4.78 is 72.0. The zero-order valence-corrected chi connectivity index (χ0v) is 39.9. The second-order valence-corrected chi connectivity index (χ2v) is 17.7. The number of fused-ring (bicyclic) bond motifs is 2. The first-order chi connectivity index (χ1) is 35.2. The van der Waals surface area contributed by atoms with E-state index in [1.54, 1.807) is 61.7 Å². The Bertz CT molecular complexity index is 2580. The highest BCUT2D eigenvalue weighted by molar-refractivity contribution is 6.21. The Kier molecular flexibility index (Phi) is 16.6. The molecular formula is C56H57NO15. The van der Waals surface area contributed by atoms with E-state index >= 15 is 0 Å². The molecule has 0 bridgehead atoms. The number of Topliss-reactive ketones (excluding diaryl/α,β-unsaturated/α-hetero) is 1. The summed E-state index contributed by atoms with van der Waals surface area (Å²) in [6.45, 7) is 5.30. The minimum Gasteiger partial charge on any atom is -0.497 e. The van der Waals surface area contributed by atoms with Gasteiger partial charge in [-0.1, -0.05) is 109 Å². The standard InChI is InChI=1S/C56H57NO15/c1-4-30-64-50-48-44(34-66-54(71-48)38-20-12-7-13-21-38)69-56(51(50)70-45(59)29-24-35(2)58)72-47-43(33-63-31-36-16-8-5-9-17-36)68-55(67-40-27-25-39(62-3)26-28-40)46(49(47)65-32-37-18-10-6-11-19-37)57-52(60)41-22-14-15-23-42(41)53(57)61/h4-23,25-28,43-44,46-51,54-56H,1,24,29-34H2,2-3H3/t43-,44-,46-,47-,48-,49-,50+,51-,54-,55-,56+/m1/s1. The van der Waals surface area contributed by atoms with Crippen LogP contribution in [0.1, 0.15) is 63.5 Å². The molecule has 9 rings (SSSR count). The molecule has 3 fully saturated rings. The number of ketones is 1. The molecule has 4 aliphatic rings. The Labute approximate surface area is 417 Å². The maximum absolute atomic E-state index is 14.7. The van der Waals surface area contributed by atoms with Crippen LogP contribution in [-0.2, 0) is 65.4 Å². The van der Waals surface area contributed by atoms with Crippen LogP contribution >= 0.6 is 0 Å². The molecule has 2 amide bonds. The van der Waals surface area contributed by atoms with Gasteiger partial charge in [-0.2, -0.15) is 0 Å². The van der Waals surface area contributed by atoms with E-state index in [0.29, 0.717) is 11.5 Å². The van der Waals surface area contributed by atoms with Crippen LogP contribution in [0.4, 0.5) is 0 Å². The zero-order valence-electron chi connectivity index (χ0n) is 39.9. The summed E-state index contributed by atoms with van der Waals surface area (Å²) in [6, 6.07) is 40.3. The molecule has 16 heteroatoms. The summed E-state index contributed by atoms with van der Waals surface area (Å²) >= 11 is 0. The SMILES string of the molecule is C=CCO[C@@H]1[C@@H](OC(=O)CCC(C)=O)[C@H](O[C@H]2[C@H](OCc3ccccc3)[C@@H](N3C(=O)c4ccccc4C3=O)[C@H](Oc3ccc(OC)cc3)O[C@@H]2COCc2ccccc2)O[C@@H]2CO[C@@H](c3ccccc3)O[C@@H]12. The van der Waals surface area contributed by atoms with Crippen LogP contribution in [0.5, 0.6) is 11.5 Å². The lowest BCUT2D eigenvalue weighted by Crippen LogP contribution is -2.70. The number of hydrogen-bond acceptors (Lipinski definition) is 15. The van der Waals surface area contributed by atoms with Crippen molar-refractivity contribution in [1.29, 1.82) is 0 Å². The summed E-state index contributed by atoms with van der Waals surface area (Å²) in [5.74, 6) is -1.23. The fraction of sp³-hybridized carbons (Fsp3) is 0.357. The van der Waals surface area contributed by atoms with Crippen molar-refractivity contribution in [2.45, 2.75) is 101 Å². The van der Waals surface area contributed by atoms with Crippen molar-refractivity contribution < 1.29 is 71.3 Å². The van der Waals surface area contributed by atoms with Crippen molar-refractivity contribution >= 4 is 23.6 Å². The third-order valence-corrected chi connectivity index (χ3v) is 12.7. The van der Waals surface area contributed by atoms with Gasteiger partial charge in [-0.3, -0.25) is 19.3 Å². The Morgan fingerprint density at radius 1 is 0.681 bits per heavy atom. The van der Waals surface area contributed by atoms with Gasteiger partial charge < -0.3 is 56.9 Å². The maximum Gasteiger partial charge on any atom is 0.306 e. The molecule has 4 aliphatic heterocycles. The average Bonchev–Trinajstić information content (AvgIpc) is 3.66. The van der Waals surface area contributed by atoms with Crippen molar-refractivity contribution in [3.05, 3.63) is 180 Å². The first-order valence-electron chi connectivity index (χ1n) is 23.9. The molecule has 5 aromatic carbocycles. The van der Waals surface area contributed by atoms with E-state index < -0.39 is 85.4 Å². The predicted molar refractivity (Wildman–Crippen MR) is 257 cm³/mol. The van der Waals surface area contributed by atoms with Gasteiger partial charge in [-0.15, -0.1) is 6.58 Å². The molecule has 16 nitrogen and oxygen atoms in total. The fourth-order valence-corrected chi connectivity index (χ4v) is 9.22. The van der Waals surface area contributed by atoms with Crippen LogP contribution in [0.25, 0.3) is 0 Å². The molecule has 0 unspecified atom stereocenters. The molecular weight excluding hydrogens is 927 g/mol. The number of esters is 1. The number of carbonyl (C=O) groups is 4. The van der Waals surface area contributed by atoms with E-state index in [0.717, 1.165) is 21.6 Å². The lowest BCUT2D eigenvalue weighted by molar-refractivity contribution is -0.385. The Hall–Kier alpha value is -6.60. The fourth-order valence-electron chi connectivity index (χ4n) is 9.22. The summed E-state index contributed by atoms with van der Waals surface area (Å²) in [7, 11) is 1.55. The molecule has 72 heavy (non-hydrogen) atoms. The third kappa shape index (κ3) is 11.7. The van der Waals surface area contributed by atoms with Gasteiger partial charge in [-0.25, -0.2) is 0 Å². The van der Waals surface area contributed by atoms with E-state index in [-0.39, 0.29) is 62.8 Å². The van der Waals surface area contributed by atoms with Crippen LogP contribution in [0.3, 0.4) is 0 Å². The number of rotatable bonds is 21.